The van der Waals surface area contributed by atoms with Gasteiger partial charge >= 0.3 is 0 Å². The fraction of sp³-hybridized carbons (Fsp3) is 0.300. The Labute approximate surface area is 87.5 Å². The molecule has 0 aliphatic rings. The summed E-state index contributed by atoms with van der Waals surface area (Å²) < 4.78 is 1.70. The SMILES string of the molecule is C#CC(C)Nc1ncnc2c1cnn2C. The third kappa shape index (κ3) is 1.62. The van der Waals surface area contributed by atoms with Crippen LogP contribution in [0.1, 0.15) is 6.92 Å². The predicted octanol–water partition coefficient (Wildman–Crippen LogP) is 0.797. The van der Waals surface area contributed by atoms with Gasteiger partial charge < -0.3 is 5.32 Å². The molecule has 15 heavy (non-hydrogen) atoms. The maximum absolute atomic E-state index is 5.29. The van der Waals surface area contributed by atoms with Gasteiger partial charge in [-0.3, -0.25) is 4.68 Å². The molecular formula is C10H11N5. The molecule has 0 aromatic carbocycles. The van der Waals surface area contributed by atoms with Gasteiger partial charge in [0, 0.05) is 7.05 Å². The molecule has 0 radical (unpaired) electrons. The largest absolute Gasteiger partial charge is 0.356 e. The van der Waals surface area contributed by atoms with Crippen LogP contribution in [0.5, 0.6) is 0 Å². The summed E-state index contributed by atoms with van der Waals surface area (Å²) in [7, 11) is 1.84. The molecule has 0 fully saturated rings. The number of fused-ring (bicyclic) bond motifs is 1. The van der Waals surface area contributed by atoms with Crippen LogP contribution < -0.4 is 5.32 Å². The van der Waals surface area contributed by atoms with E-state index in [4.69, 9.17) is 6.42 Å². The second-order valence-corrected chi connectivity index (χ2v) is 3.26. The monoisotopic (exact) mass is 201 g/mol. The lowest BCUT2D eigenvalue weighted by Crippen LogP contribution is -2.13. The Hall–Kier alpha value is -2.09. The van der Waals surface area contributed by atoms with Crippen molar-refractivity contribution in [2.24, 2.45) is 7.05 Å². The van der Waals surface area contributed by atoms with E-state index in [1.807, 2.05) is 14.0 Å². The van der Waals surface area contributed by atoms with Gasteiger partial charge in [-0.1, -0.05) is 5.92 Å². The van der Waals surface area contributed by atoms with Crippen LogP contribution in [0, 0.1) is 12.3 Å². The van der Waals surface area contributed by atoms with E-state index in [-0.39, 0.29) is 6.04 Å². The second-order valence-electron chi connectivity index (χ2n) is 3.26. The highest BCUT2D eigenvalue weighted by atomic mass is 15.3. The molecule has 2 heterocycles. The van der Waals surface area contributed by atoms with Crippen molar-refractivity contribution in [3.8, 4) is 12.3 Å². The van der Waals surface area contributed by atoms with Gasteiger partial charge in [-0.2, -0.15) is 5.10 Å². The zero-order chi connectivity index (χ0) is 10.8. The van der Waals surface area contributed by atoms with Gasteiger partial charge in [0.05, 0.1) is 17.6 Å². The fourth-order valence-electron chi connectivity index (χ4n) is 1.32. The van der Waals surface area contributed by atoms with Crippen molar-refractivity contribution in [2.45, 2.75) is 13.0 Å². The van der Waals surface area contributed by atoms with E-state index in [9.17, 15) is 0 Å². The fourth-order valence-corrected chi connectivity index (χ4v) is 1.32. The molecule has 5 nitrogen and oxygen atoms in total. The van der Waals surface area contributed by atoms with Crippen LogP contribution in [0.4, 0.5) is 5.82 Å². The first-order chi connectivity index (χ1) is 7.22. The van der Waals surface area contributed by atoms with Gasteiger partial charge in [-0.25, -0.2) is 9.97 Å². The van der Waals surface area contributed by atoms with Crippen LogP contribution in [0.3, 0.4) is 0 Å². The number of aryl methyl sites for hydroxylation is 1. The van der Waals surface area contributed by atoms with Crippen molar-refractivity contribution in [1.82, 2.24) is 19.7 Å². The van der Waals surface area contributed by atoms with E-state index in [1.165, 1.54) is 6.33 Å². The maximum atomic E-state index is 5.29. The molecule has 1 N–H and O–H groups in total. The standard InChI is InChI=1S/C10H11N5/c1-4-7(2)14-9-8-5-13-15(3)10(8)12-6-11-9/h1,5-7H,2-3H3,(H,11,12,14). The Morgan fingerprint density at radius 1 is 1.53 bits per heavy atom. The van der Waals surface area contributed by atoms with E-state index >= 15 is 0 Å². The number of terminal acetylenes is 1. The highest BCUT2D eigenvalue weighted by molar-refractivity contribution is 5.86. The zero-order valence-electron chi connectivity index (χ0n) is 8.60. The van der Waals surface area contributed by atoms with Crippen LogP contribution >= 0.6 is 0 Å². The van der Waals surface area contributed by atoms with Crippen LogP contribution in [-0.4, -0.2) is 25.8 Å². The minimum absolute atomic E-state index is 0.0664. The molecule has 0 bridgehead atoms. The number of aromatic nitrogens is 4. The third-order valence-electron chi connectivity index (χ3n) is 2.13. The van der Waals surface area contributed by atoms with E-state index in [2.05, 4.69) is 26.3 Å². The number of nitrogens with zero attached hydrogens (tertiary/aromatic N) is 4. The Morgan fingerprint density at radius 2 is 2.33 bits per heavy atom. The van der Waals surface area contributed by atoms with Gasteiger partial charge in [-0.05, 0) is 6.92 Å². The van der Waals surface area contributed by atoms with Crippen molar-refractivity contribution in [3.05, 3.63) is 12.5 Å². The average Bonchev–Trinajstić information content (AvgIpc) is 2.62. The summed E-state index contributed by atoms with van der Waals surface area (Å²) >= 11 is 0. The van der Waals surface area contributed by atoms with Gasteiger partial charge in [0.1, 0.15) is 12.1 Å². The highest BCUT2D eigenvalue weighted by Gasteiger charge is 2.08. The van der Waals surface area contributed by atoms with E-state index in [0.717, 1.165) is 16.9 Å². The summed E-state index contributed by atoms with van der Waals surface area (Å²) in [5.41, 5.74) is 0.789. The van der Waals surface area contributed by atoms with Crippen LogP contribution in [-0.2, 0) is 7.05 Å². The minimum atomic E-state index is -0.0664. The first-order valence-electron chi connectivity index (χ1n) is 4.57. The van der Waals surface area contributed by atoms with Crippen molar-refractivity contribution in [3.63, 3.8) is 0 Å². The Bertz CT molecular complexity index is 522. The number of hydrogen-bond donors (Lipinski definition) is 1. The summed E-state index contributed by atoms with van der Waals surface area (Å²) in [5.74, 6) is 3.31. The molecule has 0 aliphatic heterocycles. The van der Waals surface area contributed by atoms with Crippen molar-refractivity contribution in [1.29, 1.82) is 0 Å². The quantitative estimate of drug-likeness (QED) is 0.730. The van der Waals surface area contributed by atoms with Gasteiger partial charge in [-0.15, -0.1) is 6.42 Å². The van der Waals surface area contributed by atoms with E-state index < -0.39 is 0 Å². The van der Waals surface area contributed by atoms with Gasteiger partial charge in [0.2, 0.25) is 0 Å². The molecular weight excluding hydrogens is 190 g/mol. The highest BCUT2D eigenvalue weighted by Crippen LogP contribution is 2.17. The zero-order valence-corrected chi connectivity index (χ0v) is 8.60. The molecule has 76 valence electrons. The summed E-state index contributed by atoms with van der Waals surface area (Å²) in [5, 5.41) is 8.10. The van der Waals surface area contributed by atoms with Gasteiger partial charge in [0.25, 0.3) is 0 Å². The Kier molecular flexibility index (Phi) is 2.26. The molecule has 2 aromatic rings. The predicted molar refractivity (Wildman–Crippen MR) is 58.2 cm³/mol. The number of rotatable bonds is 2. The topological polar surface area (TPSA) is 55.6 Å². The molecule has 0 saturated heterocycles. The Morgan fingerprint density at radius 3 is 3.07 bits per heavy atom. The van der Waals surface area contributed by atoms with Crippen LogP contribution in [0.25, 0.3) is 11.0 Å². The van der Waals surface area contributed by atoms with E-state index in [1.54, 1.807) is 10.9 Å². The molecule has 1 atom stereocenters. The van der Waals surface area contributed by atoms with Crippen LogP contribution in [0.15, 0.2) is 12.5 Å². The lowest BCUT2D eigenvalue weighted by molar-refractivity contribution is 0.785. The smallest absolute Gasteiger partial charge is 0.163 e. The summed E-state index contributed by atoms with van der Waals surface area (Å²) in [6.45, 7) is 1.89. The summed E-state index contributed by atoms with van der Waals surface area (Å²) in [4.78, 5) is 8.27. The Balaban J connectivity index is 2.48. The van der Waals surface area contributed by atoms with Crippen molar-refractivity contribution in [2.75, 3.05) is 5.32 Å². The minimum Gasteiger partial charge on any atom is -0.356 e. The molecule has 5 heteroatoms. The van der Waals surface area contributed by atoms with Crippen molar-refractivity contribution >= 4 is 16.9 Å². The lowest BCUT2D eigenvalue weighted by atomic mass is 10.3. The molecule has 1 unspecified atom stereocenters. The number of anilines is 1. The normalized spacial score (nSPS) is 12.3. The molecule has 0 spiro atoms. The van der Waals surface area contributed by atoms with E-state index in [0.29, 0.717) is 0 Å². The average molecular weight is 201 g/mol. The lowest BCUT2D eigenvalue weighted by Gasteiger charge is -2.08. The first kappa shape index (κ1) is 9.46. The summed E-state index contributed by atoms with van der Waals surface area (Å²) in [6.07, 6.45) is 8.51. The first-order valence-corrected chi connectivity index (χ1v) is 4.57. The molecule has 0 aliphatic carbocycles. The number of nitrogens with one attached hydrogen (secondary N) is 1. The van der Waals surface area contributed by atoms with Gasteiger partial charge in [0.15, 0.2) is 5.65 Å². The maximum Gasteiger partial charge on any atom is 0.163 e. The van der Waals surface area contributed by atoms with Crippen molar-refractivity contribution < 1.29 is 0 Å². The van der Waals surface area contributed by atoms with Crippen LogP contribution in [0.2, 0.25) is 0 Å². The molecule has 2 aromatic heterocycles. The second kappa shape index (κ2) is 3.58. The molecule has 0 amide bonds. The third-order valence-corrected chi connectivity index (χ3v) is 2.13. The molecule has 2 rings (SSSR count). The number of hydrogen-bond acceptors (Lipinski definition) is 4. The summed E-state index contributed by atoms with van der Waals surface area (Å²) in [6, 6.07) is -0.0664. The molecule has 0 saturated carbocycles.